The van der Waals surface area contributed by atoms with Gasteiger partial charge in [-0.15, -0.1) is 11.3 Å². The van der Waals surface area contributed by atoms with Crippen LogP contribution < -0.4 is 10.1 Å². The molecule has 1 aromatic heterocycles. The molecule has 0 spiro atoms. The molecular weight excluding hydrogens is 312 g/mol. The molecule has 1 aromatic carbocycles. The maximum Gasteiger partial charge on any atom is 0.260 e. The number of hydrogen-bond donors (Lipinski definition) is 1. The highest BCUT2D eigenvalue weighted by molar-refractivity contribution is 7.09. The number of nitrogens with zero attached hydrogens (tertiary/aromatic N) is 1. The first kappa shape index (κ1) is 17.1. The van der Waals surface area contributed by atoms with E-state index in [4.69, 9.17) is 4.74 Å². The van der Waals surface area contributed by atoms with Crippen LogP contribution in [0.1, 0.15) is 34.9 Å². The number of aromatic nitrogens is 1. The van der Waals surface area contributed by atoms with Crippen molar-refractivity contribution in [2.45, 2.75) is 33.3 Å². The summed E-state index contributed by atoms with van der Waals surface area (Å²) in [5.74, 6) is 0.286. The van der Waals surface area contributed by atoms with Crippen LogP contribution in [0.3, 0.4) is 0 Å². The number of nitrogens with one attached hydrogen (secondary N) is 1. The van der Waals surface area contributed by atoms with Gasteiger partial charge in [-0.3, -0.25) is 9.59 Å². The topological polar surface area (TPSA) is 68.3 Å². The van der Waals surface area contributed by atoms with Crippen LogP contribution in [-0.2, 0) is 11.2 Å². The van der Waals surface area contributed by atoms with Crippen molar-refractivity contribution in [3.8, 4) is 5.75 Å². The number of aryl methyl sites for hydroxylation is 1. The quantitative estimate of drug-likeness (QED) is 0.792. The third-order valence-electron chi connectivity index (χ3n) is 3.23. The summed E-state index contributed by atoms with van der Waals surface area (Å²) in [6.07, 6.45) is 0.0757. The van der Waals surface area contributed by atoms with Gasteiger partial charge in [0, 0.05) is 29.6 Å². The number of carbonyl (C=O) groups excluding carboxylic acids is 2. The maximum atomic E-state index is 12.0. The number of rotatable bonds is 7. The summed E-state index contributed by atoms with van der Waals surface area (Å²) in [4.78, 5) is 27.7. The molecule has 0 saturated heterocycles. The van der Waals surface area contributed by atoms with Gasteiger partial charge in [0.05, 0.1) is 5.01 Å². The summed E-state index contributed by atoms with van der Waals surface area (Å²) in [5, 5.41) is 5.83. The molecule has 0 saturated carbocycles. The lowest BCUT2D eigenvalue weighted by Gasteiger charge is -2.15. The molecule has 0 fully saturated rings. The Labute approximate surface area is 139 Å². The molecule has 5 nitrogen and oxygen atoms in total. The summed E-state index contributed by atoms with van der Waals surface area (Å²) in [7, 11) is 0. The first-order chi connectivity index (χ1) is 11.0. The van der Waals surface area contributed by atoms with Crippen LogP contribution in [-0.4, -0.2) is 29.3 Å². The number of Topliss-reactive ketones (excluding diaryl/α,β-unsaturated/α-hetero) is 1. The largest absolute Gasteiger partial charge is 0.481 e. The van der Waals surface area contributed by atoms with Gasteiger partial charge in [-0.05, 0) is 32.9 Å². The van der Waals surface area contributed by atoms with Crippen LogP contribution >= 0.6 is 11.3 Å². The molecule has 0 aliphatic heterocycles. The van der Waals surface area contributed by atoms with Gasteiger partial charge in [-0.2, -0.15) is 0 Å². The first-order valence-corrected chi connectivity index (χ1v) is 8.30. The summed E-state index contributed by atoms with van der Waals surface area (Å²) in [6, 6.07) is 6.83. The van der Waals surface area contributed by atoms with Gasteiger partial charge in [0.25, 0.3) is 5.91 Å². The SMILES string of the molecule is CC(=O)c1cccc(O[C@H](C)C(=O)NCCc2nc(C)cs2)c1. The van der Waals surface area contributed by atoms with Crippen LogP contribution in [0.15, 0.2) is 29.6 Å². The third-order valence-corrected chi connectivity index (χ3v) is 4.25. The monoisotopic (exact) mass is 332 g/mol. The van der Waals surface area contributed by atoms with Crippen molar-refractivity contribution in [3.63, 3.8) is 0 Å². The molecule has 2 aromatic rings. The van der Waals surface area contributed by atoms with E-state index in [9.17, 15) is 9.59 Å². The molecule has 0 radical (unpaired) electrons. The van der Waals surface area contributed by atoms with E-state index in [1.807, 2.05) is 12.3 Å². The highest BCUT2D eigenvalue weighted by Crippen LogP contribution is 2.15. The Balaban J connectivity index is 1.82. The van der Waals surface area contributed by atoms with Gasteiger partial charge in [0.15, 0.2) is 11.9 Å². The molecule has 0 aliphatic rings. The normalized spacial score (nSPS) is 11.8. The predicted molar refractivity (Wildman–Crippen MR) is 90.1 cm³/mol. The molecule has 1 amide bonds. The highest BCUT2D eigenvalue weighted by Gasteiger charge is 2.14. The summed E-state index contributed by atoms with van der Waals surface area (Å²) in [5.41, 5.74) is 1.56. The Morgan fingerprint density at radius 3 is 2.83 bits per heavy atom. The number of ether oxygens (including phenoxy) is 1. The molecular formula is C17H20N2O3S. The fourth-order valence-corrected chi connectivity index (χ4v) is 2.78. The van der Waals surface area contributed by atoms with Gasteiger partial charge >= 0.3 is 0 Å². The molecule has 23 heavy (non-hydrogen) atoms. The molecule has 1 heterocycles. The second-order valence-corrected chi connectivity index (χ2v) is 6.21. The van der Waals surface area contributed by atoms with Crippen molar-refractivity contribution in [3.05, 3.63) is 45.9 Å². The average molecular weight is 332 g/mol. The van der Waals surface area contributed by atoms with Crippen molar-refractivity contribution in [2.75, 3.05) is 6.54 Å². The second kappa shape index (κ2) is 7.87. The number of thiazole rings is 1. The summed E-state index contributed by atoms with van der Waals surface area (Å²) >= 11 is 1.59. The maximum absolute atomic E-state index is 12.0. The van der Waals surface area contributed by atoms with E-state index in [0.29, 0.717) is 24.3 Å². The summed E-state index contributed by atoms with van der Waals surface area (Å²) < 4.78 is 5.60. The van der Waals surface area contributed by atoms with E-state index < -0.39 is 6.10 Å². The van der Waals surface area contributed by atoms with E-state index in [1.54, 1.807) is 42.5 Å². The Morgan fingerprint density at radius 1 is 1.39 bits per heavy atom. The summed E-state index contributed by atoms with van der Waals surface area (Å²) in [6.45, 7) is 5.65. The van der Waals surface area contributed by atoms with Crippen LogP contribution in [0, 0.1) is 6.92 Å². The lowest BCUT2D eigenvalue weighted by molar-refractivity contribution is -0.127. The van der Waals surface area contributed by atoms with Crippen LogP contribution in [0.2, 0.25) is 0 Å². The molecule has 2 rings (SSSR count). The minimum Gasteiger partial charge on any atom is -0.481 e. The lowest BCUT2D eigenvalue weighted by Crippen LogP contribution is -2.37. The van der Waals surface area contributed by atoms with Crippen molar-refractivity contribution in [1.82, 2.24) is 10.3 Å². The van der Waals surface area contributed by atoms with Crippen LogP contribution in [0.4, 0.5) is 0 Å². The minimum absolute atomic E-state index is 0.0358. The predicted octanol–water partition coefficient (Wildman–Crippen LogP) is 2.78. The van der Waals surface area contributed by atoms with Crippen molar-refractivity contribution >= 4 is 23.0 Å². The van der Waals surface area contributed by atoms with Gasteiger partial charge < -0.3 is 10.1 Å². The second-order valence-electron chi connectivity index (χ2n) is 5.27. The van der Waals surface area contributed by atoms with E-state index >= 15 is 0 Å². The van der Waals surface area contributed by atoms with Crippen LogP contribution in [0.5, 0.6) is 5.75 Å². The standard InChI is InChI=1S/C17H20N2O3S/c1-11-10-23-16(19-11)7-8-18-17(21)13(3)22-15-6-4-5-14(9-15)12(2)20/h4-6,9-10,13H,7-8H2,1-3H3,(H,18,21)/t13-/m1/s1. The molecule has 0 bridgehead atoms. The highest BCUT2D eigenvalue weighted by atomic mass is 32.1. The molecule has 0 unspecified atom stereocenters. The van der Waals surface area contributed by atoms with Crippen molar-refractivity contribution in [1.29, 1.82) is 0 Å². The van der Waals surface area contributed by atoms with E-state index in [-0.39, 0.29) is 11.7 Å². The third kappa shape index (κ3) is 5.17. The zero-order valence-corrected chi connectivity index (χ0v) is 14.3. The molecule has 1 atom stereocenters. The minimum atomic E-state index is -0.629. The molecule has 0 aliphatic carbocycles. The van der Waals surface area contributed by atoms with Gasteiger partial charge in [-0.1, -0.05) is 12.1 Å². The Kier molecular flexibility index (Phi) is 5.87. The van der Waals surface area contributed by atoms with E-state index in [0.717, 1.165) is 10.7 Å². The first-order valence-electron chi connectivity index (χ1n) is 7.42. The number of carbonyl (C=O) groups is 2. The van der Waals surface area contributed by atoms with Crippen molar-refractivity contribution in [2.24, 2.45) is 0 Å². The van der Waals surface area contributed by atoms with Crippen molar-refractivity contribution < 1.29 is 14.3 Å². The molecule has 6 heteroatoms. The fraction of sp³-hybridized carbons (Fsp3) is 0.353. The van der Waals surface area contributed by atoms with Gasteiger partial charge in [-0.25, -0.2) is 4.98 Å². The Bertz CT molecular complexity index is 697. The van der Waals surface area contributed by atoms with E-state index in [1.165, 1.54) is 6.92 Å². The number of hydrogen-bond acceptors (Lipinski definition) is 5. The van der Waals surface area contributed by atoms with Gasteiger partial charge in [0.2, 0.25) is 0 Å². The molecule has 122 valence electrons. The Morgan fingerprint density at radius 2 is 2.17 bits per heavy atom. The van der Waals surface area contributed by atoms with Gasteiger partial charge in [0.1, 0.15) is 5.75 Å². The number of benzene rings is 1. The Hall–Kier alpha value is -2.21. The zero-order valence-electron chi connectivity index (χ0n) is 13.5. The fourth-order valence-electron chi connectivity index (χ4n) is 2.00. The van der Waals surface area contributed by atoms with E-state index in [2.05, 4.69) is 10.3 Å². The number of amides is 1. The zero-order chi connectivity index (χ0) is 16.8. The average Bonchev–Trinajstić information content (AvgIpc) is 2.92. The van der Waals surface area contributed by atoms with Crippen LogP contribution in [0.25, 0.3) is 0 Å². The number of ketones is 1. The lowest BCUT2D eigenvalue weighted by atomic mass is 10.1. The molecule has 1 N–H and O–H groups in total. The smallest absolute Gasteiger partial charge is 0.260 e.